The van der Waals surface area contributed by atoms with E-state index in [2.05, 4.69) is 16.0 Å². The molecule has 35 heavy (non-hydrogen) atoms. The van der Waals surface area contributed by atoms with Crippen molar-refractivity contribution in [2.75, 3.05) is 0 Å². The lowest BCUT2D eigenvalue weighted by atomic mass is 10.0. The summed E-state index contributed by atoms with van der Waals surface area (Å²) in [4.78, 5) is 49.8. The Kier molecular flexibility index (Phi) is 10.4. The Morgan fingerprint density at radius 1 is 0.743 bits per heavy atom. The first kappa shape index (κ1) is 27.5. The number of hydrogen-bond donors (Lipinski definition) is 5. The highest BCUT2D eigenvalue weighted by Gasteiger charge is 2.30. The molecule has 188 valence electrons. The van der Waals surface area contributed by atoms with Crippen molar-refractivity contribution in [3.8, 4) is 0 Å². The number of aliphatic carboxylic acids is 1. The first-order valence-electron chi connectivity index (χ1n) is 11.6. The zero-order chi connectivity index (χ0) is 26.0. The summed E-state index contributed by atoms with van der Waals surface area (Å²) >= 11 is 0. The van der Waals surface area contributed by atoms with E-state index < -0.39 is 47.9 Å². The van der Waals surface area contributed by atoms with Gasteiger partial charge in [-0.05, 0) is 30.4 Å². The molecule has 2 rings (SSSR count). The van der Waals surface area contributed by atoms with Crippen LogP contribution in [0.3, 0.4) is 0 Å². The van der Waals surface area contributed by atoms with Crippen LogP contribution in [0.1, 0.15) is 31.9 Å². The van der Waals surface area contributed by atoms with Gasteiger partial charge in [0.1, 0.15) is 18.1 Å². The number of rotatable bonds is 12. The standard InChI is InChI=1S/C26H34N4O5/c1-16(2)22(25(33)29-21(26(34)35)15-19-12-8-5-9-13-19)30-23(31)17(3)28-24(32)20(27)14-18-10-6-4-7-11-18/h4-13,16-17,20-22H,14-15,27H2,1-3H3,(H,28,32)(H,29,33)(H,30,31)(H,34,35). The Labute approximate surface area is 205 Å². The maximum atomic E-state index is 12.9. The van der Waals surface area contributed by atoms with Crippen molar-refractivity contribution < 1.29 is 24.3 Å². The van der Waals surface area contributed by atoms with Gasteiger partial charge in [-0.25, -0.2) is 4.79 Å². The minimum atomic E-state index is -1.18. The van der Waals surface area contributed by atoms with E-state index in [0.717, 1.165) is 11.1 Å². The van der Waals surface area contributed by atoms with E-state index in [4.69, 9.17) is 5.73 Å². The molecule has 0 aliphatic carbocycles. The molecule has 0 aliphatic heterocycles. The normalized spacial score (nSPS) is 14.3. The first-order chi connectivity index (χ1) is 16.6. The van der Waals surface area contributed by atoms with E-state index in [-0.39, 0.29) is 12.3 Å². The summed E-state index contributed by atoms with van der Waals surface area (Å²) in [7, 11) is 0. The third kappa shape index (κ3) is 8.86. The van der Waals surface area contributed by atoms with Gasteiger partial charge in [0.2, 0.25) is 17.7 Å². The van der Waals surface area contributed by atoms with Gasteiger partial charge in [0.05, 0.1) is 6.04 Å². The highest BCUT2D eigenvalue weighted by atomic mass is 16.4. The number of carboxylic acids is 1. The molecule has 2 aromatic rings. The van der Waals surface area contributed by atoms with E-state index in [1.165, 1.54) is 6.92 Å². The van der Waals surface area contributed by atoms with Gasteiger partial charge in [0.25, 0.3) is 0 Å². The Balaban J connectivity index is 1.96. The van der Waals surface area contributed by atoms with Crippen molar-refractivity contribution in [2.45, 2.75) is 57.8 Å². The molecule has 0 aromatic heterocycles. The molecule has 9 heteroatoms. The molecule has 0 heterocycles. The fraction of sp³-hybridized carbons (Fsp3) is 0.385. The number of benzene rings is 2. The highest BCUT2D eigenvalue weighted by Crippen LogP contribution is 2.07. The second-order valence-corrected chi connectivity index (χ2v) is 8.85. The Hall–Kier alpha value is -3.72. The van der Waals surface area contributed by atoms with Gasteiger partial charge in [-0.1, -0.05) is 74.5 Å². The molecule has 2 aromatic carbocycles. The van der Waals surface area contributed by atoms with Gasteiger partial charge in [-0.15, -0.1) is 0 Å². The van der Waals surface area contributed by atoms with Crippen LogP contribution in [0.4, 0.5) is 0 Å². The van der Waals surface area contributed by atoms with Gasteiger partial charge in [0, 0.05) is 6.42 Å². The summed E-state index contributed by atoms with van der Waals surface area (Å²) in [6, 6.07) is 14.3. The molecule has 0 saturated heterocycles. The van der Waals surface area contributed by atoms with Crippen molar-refractivity contribution in [2.24, 2.45) is 11.7 Å². The van der Waals surface area contributed by atoms with Crippen LogP contribution in [-0.4, -0.2) is 53.0 Å². The zero-order valence-corrected chi connectivity index (χ0v) is 20.2. The summed E-state index contributed by atoms with van der Waals surface area (Å²) in [5, 5.41) is 17.3. The molecule has 0 bridgehead atoms. The molecule has 0 fully saturated rings. The Morgan fingerprint density at radius 2 is 1.26 bits per heavy atom. The lowest BCUT2D eigenvalue weighted by molar-refractivity contribution is -0.142. The van der Waals surface area contributed by atoms with Gasteiger partial charge < -0.3 is 26.8 Å². The predicted molar refractivity (Wildman–Crippen MR) is 132 cm³/mol. The monoisotopic (exact) mass is 482 g/mol. The summed E-state index contributed by atoms with van der Waals surface area (Å²) < 4.78 is 0. The average Bonchev–Trinajstić information content (AvgIpc) is 2.82. The topological polar surface area (TPSA) is 151 Å². The summed E-state index contributed by atoms with van der Waals surface area (Å²) in [6.07, 6.45) is 0.419. The molecule has 9 nitrogen and oxygen atoms in total. The minimum absolute atomic E-state index is 0.104. The smallest absolute Gasteiger partial charge is 0.326 e. The number of carbonyl (C=O) groups is 4. The largest absolute Gasteiger partial charge is 0.480 e. The maximum absolute atomic E-state index is 12.9. The third-order valence-corrected chi connectivity index (χ3v) is 5.53. The van der Waals surface area contributed by atoms with E-state index >= 15 is 0 Å². The van der Waals surface area contributed by atoms with Crippen LogP contribution in [-0.2, 0) is 32.0 Å². The third-order valence-electron chi connectivity index (χ3n) is 5.53. The molecule has 3 amide bonds. The van der Waals surface area contributed by atoms with Crippen molar-refractivity contribution >= 4 is 23.7 Å². The summed E-state index contributed by atoms with van der Waals surface area (Å²) in [5.41, 5.74) is 7.63. The van der Waals surface area contributed by atoms with Gasteiger partial charge in [-0.3, -0.25) is 14.4 Å². The average molecular weight is 483 g/mol. The van der Waals surface area contributed by atoms with Crippen LogP contribution in [0.2, 0.25) is 0 Å². The molecular formula is C26H34N4O5. The van der Waals surface area contributed by atoms with Crippen LogP contribution < -0.4 is 21.7 Å². The minimum Gasteiger partial charge on any atom is -0.480 e. The maximum Gasteiger partial charge on any atom is 0.326 e. The zero-order valence-electron chi connectivity index (χ0n) is 20.2. The predicted octanol–water partition coefficient (Wildman–Crippen LogP) is 1.01. The Bertz CT molecular complexity index is 997. The molecular weight excluding hydrogens is 448 g/mol. The Morgan fingerprint density at radius 3 is 1.74 bits per heavy atom. The fourth-order valence-corrected chi connectivity index (χ4v) is 3.47. The summed E-state index contributed by atoms with van der Waals surface area (Å²) in [5.74, 6) is -3.18. The van der Waals surface area contributed by atoms with Crippen LogP contribution in [0.15, 0.2) is 60.7 Å². The van der Waals surface area contributed by atoms with Crippen LogP contribution >= 0.6 is 0 Å². The molecule has 0 saturated carbocycles. The lowest BCUT2D eigenvalue weighted by Crippen LogP contribution is -2.58. The number of nitrogens with two attached hydrogens (primary N) is 1. The SMILES string of the molecule is CC(NC(=O)C(N)Cc1ccccc1)C(=O)NC(C(=O)NC(Cc1ccccc1)C(=O)O)C(C)C. The molecule has 0 aliphatic rings. The van der Waals surface area contributed by atoms with E-state index in [9.17, 15) is 24.3 Å². The van der Waals surface area contributed by atoms with Gasteiger partial charge >= 0.3 is 5.97 Å². The molecule has 4 unspecified atom stereocenters. The second kappa shape index (κ2) is 13.2. The van der Waals surface area contributed by atoms with Crippen molar-refractivity contribution in [1.29, 1.82) is 0 Å². The lowest BCUT2D eigenvalue weighted by Gasteiger charge is -2.26. The molecule has 4 atom stereocenters. The molecule has 6 N–H and O–H groups in total. The van der Waals surface area contributed by atoms with Crippen LogP contribution in [0.5, 0.6) is 0 Å². The van der Waals surface area contributed by atoms with Crippen LogP contribution in [0.25, 0.3) is 0 Å². The quantitative estimate of drug-likeness (QED) is 0.305. The molecule has 0 spiro atoms. The number of hydrogen-bond acceptors (Lipinski definition) is 5. The van der Waals surface area contributed by atoms with Gasteiger partial charge in [-0.2, -0.15) is 0 Å². The second-order valence-electron chi connectivity index (χ2n) is 8.85. The molecule has 0 radical (unpaired) electrons. The van der Waals surface area contributed by atoms with E-state index in [1.807, 2.05) is 36.4 Å². The highest BCUT2D eigenvalue weighted by molar-refractivity contribution is 5.94. The number of nitrogens with one attached hydrogen (secondary N) is 3. The van der Waals surface area contributed by atoms with Crippen molar-refractivity contribution in [1.82, 2.24) is 16.0 Å². The number of carboxylic acid groups (broad SMARTS) is 1. The van der Waals surface area contributed by atoms with E-state index in [0.29, 0.717) is 6.42 Å². The number of carbonyl (C=O) groups excluding carboxylic acids is 3. The fourth-order valence-electron chi connectivity index (χ4n) is 3.47. The van der Waals surface area contributed by atoms with E-state index in [1.54, 1.807) is 38.1 Å². The number of amides is 3. The summed E-state index contributed by atoms with van der Waals surface area (Å²) in [6.45, 7) is 4.96. The van der Waals surface area contributed by atoms with Crippen molar-refractivity contribution in [3.05, 3.63) is 71.8 Å². The van der Waals surface area contributed by atoms with Crippen molar-refractivity contribution in [3.63, 3.8) is 0 Å². The van der Waals surface area contributed by atoms with Gasteiger partial charge in [0.15, 0.2) is 0 Å². The first-order valence-corrected chi connectivity index (χ1v) is 11.6. The van der Waals surface area contributed by atoms with Crippen LogP contribution in [0, 0.1) is 5.92 Å².